The van der Waals surface area contributed by atoms with E-state index in [2.05, 4.69) is 0 Å². The number of benzene rings is 3. The fraction of sp³-hybridized carbons (Fsp3) is 0.375. The topological polar surface area (TPSA) is 112 Å². The fourth-order valence-corrected chi connectivity index (χ4v) is 6.63. The zero-order chi connectivity index (χ0) is 31.1. The quantitative estimate of drug-likeness (QED) is 0.271. The van der Waals surface area contributed by atoms with Crippen LogP contribution < -0.4 is 14.2 Å². The molecule has 0 radical (unpaired) electrons. The summed E-state index contributed by atoms with van der Waals surface area (Å²) in [4.78, 5) is 27.8. The Labute approximate surface area is 253 Å². The lowest BCUT2D eigenvalue weighted by molar-refractivity contribution is 0.0524. The highest BCUT2D eigenvalue weighted by Gasteiger charge is 2.34. The van der Waals surface area contributed by atoms with Crippen molar-refractivity contribution in [2.75, 3.05) is 47.1 Å². The SMILES string of the molecule is CCOC(=O)c1ccc(OC[C@H]2c3cc(OC)c(OC)cc3CCN2C(=O)c2ccc(S(=O)(=O)N(CC)CC)cc2)cc1. The van der Waals surface area contributed by atoms with Crippen molar-refractivity contribution in [3.63, 3.8) is 0 Å². The van der Waals surface area contributed by atoms with Crippen LogP contribution in [-0.2, 0) is 21.2 Å². The van der Waals surface area contributed by atoms with Crippen LogP contribution in [-0.4, -0.2) is 76.6 Å². The molecule has 1 heterocycles. The second-order valence-electron chi connectivity index (χ2n) is 9.84. The number of hydrogen-bond donors (Lipinski definition) is 0. The summed E-state index contributed by atoms with van der Waals surface area (Å²) in [5.74, 6) is 0.993. The molecule has 0 saturated carbocycles. The van der Waals surface area contributed by atoms with Crippen LogP contribution in [0.3, 0.4) is 0 Å². The van der Waals surface area contributed by atoms with Gasteiger partial charge in [-0.2, -0.15) is 4.31 Å². The van der Waals surface area contributed by atoms with Gasteiger partial charge in [-0.1, -0.05) is 13.8 Å². The molecule has 1 aliphatic heterocycles. The van der Waals surface area contributed by atoms with Crippen molar-refractivity contribution < 1.29 is 37.0 Å². The Hall–Kier alpha value is -4.09. The average Bonchev–Trinajstić information content (AvgIpc) is 3.03. The molecule has 0 aromatic heterocycles. The van der Waals surface area contributed by atoms with Crippen molar-refractivity contribution in [1.82, 2.24) is 9.21 Å². The van der Waals surface area contributed by atoms with Crippen molar-refractivity contribution in [3.8, 4) is 17.2 Å². The Kier molecular flexibility index (Phi) is 10.3. The highest BCUT2D eigenvalue weighted by molar-refractivity contribution is 7.89. The van der Waals surface area contributed by atoms with Gasteiger partial charge in [0.25, 0.3) is 5.91 Å². The number of methoxy groups -OCH3 is 2. The first kappa shape index (κ1) is 31.8. The molecule has 0 saturated heterocycles. The second kappa shape index (κ2) is 13.9. The molecular weight excluding hydrogens is 572 g/mol. The van der Waals surface area contributed by atoms with E-state index in [1.807, 2.05) is 12.1 Å². The molecule has 1 atom stereocenters. The zero-order valence-electron chi connectivity index (χ0n) is 25.2. The molecule has 0 fully saturated rings. The van der Waals surface area contributed by atoms with Gasteiger partial charge in [-0.25, -0.2) is 13.2 Å². The van der Waals surface area contributed by atoms with Crippen LogP contribution in [0.2, 0.25) is 0 Å². The molecule has 1 amide bonds. The molecule has 0 spiro atoms. The van der Waals surface area contributed by atoms with E-state index < -0.39 is 22.0 Å². The molecule has 0 aliphatic carbocycles. The Morgan fingerprint density at radius 1 is 0.884 bits per heavy atom. The Bertz CT molecular complexity index is 1530. The summed E-state index contributed by atoms with van der Waals surface area (Å²) in [5, 5.41) is 0. The van der Waals surface area contributed by atoms with E-state index in [4.69, 9.17) is 18.9 Å². The maximum absolute atomic E-state index is 13.9. The molecule has 230 valence electrons. The molecule has 43 heavy (non-hydrogen) atoms. The summed E-state index contributed by atoms with van der Waals surface area (Å²) in [5.41, 5.74) is 2.65. The predicted molar refractivity (Wildman–Crippen MR) is 161 cm³/mol. The second-order valence-corrected chi connectivity index (χ2v) is 11.8. The van der Waals surface area contributed by atoms with Gasteiger partial charge in [-0.3, -0.25) is 4.79 Å². The Morgan fingerprint density at radius 2 is 1.49 bits per heavy atom. The average molecular weight is 611 g/mol. The number of carbonyl (C=O) groups excluding carboxylic acids is 2. The molecule has 4 rings (SSSR count). The molecule has 1 aliphatic rings. The summed E-state index contributed by atoms with van der Waals surface area (Å²) in [6.07, 6.45) is 0.584. The number of esters is 1. The molecule has 10 nitrogen and oxygen atoms in total. The lowest BCUT2D eigenvalue weighted by atomic mass is 9.91. The molecule has 0 N–H and O–H groups in total. The number of amides is 1. The molecule has 0 unspecified atom stereocenters. The molecule has 3 aromatic carbocycles. The maximum atomic E-state index is 13.9. The van der Waals surface area contributed by atoms with Crippen LogP contribution in [0.1, 0.15) is 58.7 Å². The Morgan fingerprint density at radius 3 is 2.07 bits per heavy atom. The van der Waals surface area contributed by atoms with Gasteiger partial charge in [0.2, 0.25) is 10.0 Å². The van der Waals surface area contributed by atoms with E-state index in [-0.39, 0.29) is 24.0 Å². The minimum atomic E-state index is -3.65. The Balaban J connectivity index is 1.64. The van der Waals surface area contributed by atoms with E-state index in [1.54, 1.807) is 76.3 Å². The van der Waals surface area contributed by atoms with E-state index in [0.717, 1.165) is 11.1 Å². The van der Waals surface area contributed by atoms with Crippen LogP contribution in [0.5, 0.6) is 17.2 Å². The third-order valence-electron chi connectivity index (χ3n) is 7.48. The number of carbonyl (C=O) groups is 2. The van der Waals surface area contributed by atoms with Gasteiger partial charge in [0.05, 0.1) is 37.3 Å². The van der Waals surface area contributed by atoms with Crippen LogP contribution in [0, 0.1) is 0 Å². The normalized spacial score (nSPS) is 14.7. The van der Waals surface area contributed by atoms with Gasteiger partial charge < -0.3 is 23.8 Å². The number of hydrogen-bond acceptors (Lipinski definition) is 8. The smallest absolute Gasteiger partial charge is 0.338 e. The first-order chi connectivity index (χ1) is 20.7. The van der Waals surface area contributed by atoms with Crippen LogP contribution in [0.25, 0.3) is 0 Å². The van der Waals surface area contributed by atoms with E-state index in [1.165, 1.54) is 16.4 Å². The van der Waals surface area contributed by atoms with Gasteiger partial charge in [0.15, 0.2) is 11.5 Å². The third kappa shape index (κ3) is 6.78. The number of ether oxygens (including phenoxy) is 4. The fourth-order valence-electron chi connectivity index (χ4n) is 5.18. The van der Waals surface area contributed by atoms with Crippen molar-refractivity contribution in [1.29, 1.82) is 0 Å². The maximum Gasteiger partial charge on any atom is 0.338 e. The lowest BCUT2D eigenvalue weighted by Gasteiger charge is -2.37. The van der Waals surface area contributed by atoms with Gasteiger partial charge in [0.1, 0.15) is 12.4 Å². The molecular formula is C32H38N2O8S. The number of fused-ring (bicyclic) bond motifs is 1. The number of nitrogens with zero attached hydrogens (tertiary/aromatic N) is 2. The highest BCUT2D eigenvalue weighted by Crippen LogP contribution is 2.39. The van der Waals surface area contributed by atoms with Gasteiger partial charge in [-0.15, -0.1) is 0 Å². The van der Waals surface area contributed by atoms with Gasteiger partial charge >= 0.3 is 5.97 Å². The summed E-state index contributed by atoms with van der Waals surface area (Å²) < 4.78 is 49.6. The third-order valence-corrected chi connectivity index (χ3v) is 9.55. The van der Waals surface area contributed by atoms with E-state index >= 15 is 0 Å². The number of rotatable bonds is 12. The number of sulfonamides is 1. The van der Waals surface area contributed by atoms with Crippen LogP contribution >= 0.6 is 0 Å². The predicted octanol–water partition coefficient (Wildman–Crippen LogP) is 4.73. The first-order valence-electron chi connectivity index (χ1n) is 14.2. The largest absolute Gasteiger partial charge is 0.493 e. The van der Waals surface area contributed by atoms with E-state index in [0.29, 0.717) is 54.4 Å². The van der Waals surface area contributed by atoms with Crippen molar-refractivity contribution in [3.05, 3.63) is 82.9 Å². The standard InChI is InChI=1S/C32H38N2O8S/c1-6-33(7-2)43(37,38)26-15-11-22(12-16-26)31(35)34-18-17-24-19-29(39-4)30(40-5)20-27(24)28(34)21-42-25-13-9-23(10-14-25)32(36)41-8-3/h9-16,19-20,28H,6-8,17-18,21H2,1-5H3/t28-/m0/s1. The minimum Gasteiger partial charge on any atom is -0.493 e. The van der Waals surface area contributed by atoms with E-state index in [9.17, 15) is 18.0 Å². The molecule has 0 bridgehead atoms. The van der Waals surface area contributed by atoms with Crippen molar-refractivity contribution >= 4 is 21.9 Å². The van der Waals surface area contributed by atoms with Crippen molar-refractivity contribution in [2.24, 2.45) is 0 Å². The molecule has 3 aromatic rings. The highest BCUT2D eigenvalue weighted by atomic mass is 32.2. The first-order valence-corrected chi connectivity index (χ1v) is 15.7. The zero-order valence-corrected chi connectivity index (χ0v) is 26.0. The van der Waals surface area contributed by atoms with Crippen LogP contribution in [0.15, 0.2) is 65.6 Å². The molecule has 11 heteroatoms. The lowest BCUT2D eigenvalue weighted by Crippen LogP contribution is -2.42. The van der Waals surface area contributed by atoms with Crippen LogP contribution in [0.4, 0.5) is 0 Å². The minimum absolute atomic E-state index is 0.126. The summed E-state index contributed by atoms with van der Waals surface area (Å²) in [7, 11) is -0.518. The van der Waals surface area contributed by atoms with Crippen molar-refractivity contribution in [2.45, 2.75) is 38.1 Å². The van der Waals surface area contributed by atoms with Gasteiger partial charge in [0, 0.05) is 25.2 Å². The summed E-state index contributed by atoms with van der Waals surface area (Å²) in [6, 6.07) is 16.0. The summed E-state index contributed by atoms with van der Waals surface area (Å²) in [6.45, 7) is 6.85. The van der Waals surface area contributed by atoms with Gasteiger partial charge in [-0.05, 0) is 85.1 Å². The monoisotopic (exact) mass is 610 g/mol. The summed E-state index contributed by atoms with van der Waals surface area (Å²) >= 11 is 0.